The van der Waals surface area contributed by atoms with E-state index in [4.69, 9.17) is 0 Å². The lowest BCUT2D eigenvalue weighted by molar-refractivity contribution is -0.112. The third-order valence-electron chi connectivity index (χ3n) is 3.37. The summed E-state index contributed by atoms with van der Waals surface area (Å²) in [5.74, 6) is 0. The van der Waals surface area contributed by atoms with Crippen LogP contribution in [0.3, 0.4) is 0 Å². The number of hydrogen-bond donors (Lipinski definition) is 0. The van der Waals surface area contributed by atoms with Crippen molar-refractivity contribution in [3.63, 3.8) is 0 Å². The highest BCUT2D eigenvalue weighted by atomic mass is 79.9. The lowest BCUT2D eigenvalue weighted by Crippen LogP contribution is -2.37. The molecule has 1 aromatic carbocycles. The summed E-state index contributed by atoms with van der Waals surface area (Å²) in [5.41, 5.74) is 1.86. The molecule has 0 aliphatic carbocycles. The molecule has 1 aromatic heterocycles. The molecule has 0 aliphatic heterocycles. The first-order valence-corrected chi connectivity index (χ1v) is 8.14. The first-order chi connectivity index (χ1) is 9.53. The highest BCUT2D eigenvalue weighted by molar-refractivity contribution is 9.11. The number of carbonyl (C=O) groups excluding carboxylic acids is 1. The van der Waals surface area contributed by atoms with Crippen LogP contribution in [0.4, 0.5) is 0 Å². The van der Waals surface area contributed by atoms with E-state index in [0.29, 0.717) is 6.54 Å². The third-order valence-corrected chi connectivity index (χ3v) is 4.92. The number of nitrogens with zero attached hydrogens (tertiary/aromatic N) is 1. The van der Waals surface area contributed by atoms with Gasteiger partial charge in [-0.3, -0.25) is 0 Å². The zero-order chi connectivity index (χ0) is 14.6. The predicted octanol–water partition coefficient (Wildman–Crippen LogP) is 4.10. The summed E-state index contributed by atoms with van der Waals surface area (Å²) in [5, 5.41) is 2.14. The van der Waals surface area contributed by atoms with Gasteiger partial charge in [0.1, 0.15) is 6.29 Å². The quantitative estimate of drug-likeness (QED) is 0.730. The SMILES string of the molecule is CN(Cc1csc(Br)c1)CC(C)(C=O)c1ccccc1. The van der Waals surface area contributed by atoms with Crippen molar-refractivity contribution in [2.75, 3.05) is 13.6 Å². The Labute approximate surface area is 132 Å². The normalized spacial score (nSPS) is 14.2. The number of rotatable bonds is 6. The molecular formula is C16H18BrNOS. The number of thiophene rings is 1. The maximum atomic E-state index is 11.6. The molecule has 2 nitrogen and oxygen atoms in total. The Hall–Kier alpha value is -0.970. The molecule has 0 radical (unpaired) electrons. The summed E-state index contributed by atoms with van der Waals surface area (Å²) in [6, 6.07) is 12.1. The van der Waals surface area contributed by atoms with Gasteiger partial charge >= 0.3 is 0 Å². The zero-order valence-corrected chi connectivity index (χ0v) is 14.1. The summed E-state index contributed by atoms with van der Waals surface area (Å²) < 4.78 is 1.14. The average Bonchev–Trinajstić information content (AvgIpc) is 2.84. The molecule has 20 heavy (non-hydrogen) atoms. The van der Waals surface area contributed by atoms with Crippen molar-refractivity contribution in [2.24, 2.45) is 0 Å². The minimum Gasteiger partial charge on any atom is -0.302 e. The standard InChI is InChI=1S/C16H18BrNOS/c1-16(12-19,14-6-4-3-5-7-14)11-18(2)9-13-8-15(17)20-10-13/h3-8,10,12H,9,11H2,1-2H3. The van der Waals surface area contributed by atoms with Crippen LogP contribution in [0.2, 0.25) is 0 Å². The molecule has 1 heterocycles. The molecule has 1 atom stereocenters. The maximum Gasteiger partial charge on any atom is 0.131 e. The highest BCUT2D eigenvalue weighted by Crippen LogP contribution is 2.25. The van der Waals surface area contributed by atoms with Gasteiger partial charge in [0.2, 0.25) is 0 Å². The number of halogens is 1. The van der Waals surface area contributed by atoms with Gasteiger partial charge in [0.15, 0.2) is 0 Å². The van der Waals surface area contributed by atoms with E-state index in [2.05, 4.69) is 39.3 Å². The van der Waals surface area contributed by atoms with E-state index in [1.165, 1.54) is 5.56 Å². The first kappa shape index (κ1) is 15.4. The Bertz CT molecular complexity index is 569. The number of aldehydes is 1. The predicted molar refractivity (Wildman–Crippen MR) is 88.2 cm³/mol. The number of hydrogen-bond acceptors (Lipinski definition) is 3. The summed E-state index contributed by atoms with van der Waals surface area (Å²) in [6.45, 7) is 3.54. The van der Waals surface area contributed by atoms with E-state index in [9.17, 15) is 4.79 Å². The van der Waals surface area contributed by atoms with E-state index in [1.807, 2.05) is 37.3 Å². The molecule has 0 aliphatic rings. The molecule has 0 bridgehead atoms. The third kappa shape index (κ3) is 3.78. The second kappa shape index (κ2) is 6.66. The van der Waals surface area contributed by atoms with E-state index >= 15 is 0 Å². The van der Waals surface area contributed by atoms with E-state index in [-0.39, 0.29) is 0 Å². The summed E-state index contributed by atoms with van der Waals surface area (Å²) in [4.78, 5) is 13.8. The molecule has 0 fully saturated rings. The average molecular weight is 352 g/mol. The fourth-order valence-electron chi connectivity index (χ4n) is 2.37. The van der Waals surface area contributed by atoms with Gasteiger partial charge in [0.25, 0.3) is 0 Å². The molecule has 4 heteroatoms. The van der Waals surface area contributed by atoms with Gasteiger partial charge in [0, 0.05) is 13.1 Å². The minimum atomic E-state index is -0.469. The molecule has 0 N–H and O–H groups in total. The smallest absolute Gasteiger partial charge is 0.131 e. The molecule has 1 unspecified atom stereocenters. The fraction of sp³-hybridized carbons (Fsp3) is 0.312. The lowest BCUT2D eigenvalue weighted by atomic mass is 9.83. The van der Waals surface area contributed by atoms with Crippen LogP contribution >= 0.6 is 27.3 Å². The van der Waals surface area contributed by atoms with Crippen molar-refractivity contribution in [1.82, 2.24) is 4.90 Å². The Morgan fingerprint density at radius 3 is 2.60 bits per heavy atom. The molecular weight excluding hydrogens is 334 g/mol. The molecule has 0 saturated heterocycles. The topological polar surface area (TPSA) is 20.3 Å². The highest BCUT2D eigenvalue weighted by Gasteiger charge is 2.27. The van der Waals surface area contributed by atoms with Crippen LogP contribution in [0.5, 0.6) is 0 Å². The Morgan fingerprint density at radius 2 is 2.05 bits per heavy atom. The van der Waals surface area contributed by atoms with Crippen LogP contribution in [-0.2, 0) is 16.8 Å². The summed E-state index contributed by atoms with van der Waals surface area (Å²) in [7, 11) is 2.05. The summed E-state index contributed by atoms with van der Waals surface area (Å²) in [6.07, 6.45) is 1.06. The van der Waals surface area contributed by atoms with Crippen molar-refractivity contribution in [1.29, 1.82) is 0 Å². The van der Waals surface area contributed by atoms with Gasteiger partial charge in [-0.05, 0) is 52.5 Å². The minimum absolute atomic E-state index is 0.469. The van der Waals surface area contributed by atoms with Crippen LogP contribution < -0.4 is 0 Å². The maximum absolute atomic E-state index is 11.6. The van der Waals surface area contributed by atoms with E-state index in [1.54, 1.807) is 11.3 Å². The van der Waals surface area contributed by atoms with Gasteiger partial charge in [0.05, 0.1) is 9.20 Å². The van der Waals surface area contributed by atoms with Gasteiger partial charge in [-0.25, -0.2) is 0 Å². The largest absolute Gasteiger partial charge is 0.302 e. The van der Waals surface area contributed by atoms with Crippen molar-refractivity contribution in [3.05, 3.63) is 56.7 Å². The second-order valence-electron chi connectivity index (χ2n) is 5.33. The Balaban J connectivity index is 2.08. The number of carbonyl (C=O) groups is 1. The van der Waals surface area contributed by atoms with Crippen LogP contribution in [0.25, 0.3) is 0 Å². The Kier molecular flexibility index (Phi) is 5.13. The van der Waals surface area contributed by atoms with E-state index < -0.39 is 5.41 Å². The first-order valence-electron chi connectivity index (χ1n) is 6.47. The second-order valence-corrected chi connectivity index (χ2v) is 7.62. The zero-order valence-electron chi connectivity index (χ0n) is 11.7. The van der Waals surface area contributed by atoms with Crippen LogP contribution in [0.1, 0.15) is 18.1 Å². The number of benzene rings is 1. The van der Waals surface area contributed by atoms with Crippen LogP contribution in [-0.4, -0.2) is 24.8 Å². The van der Waals surface area contributed by atoms with E-state index in [0.717, 1.165) is 22.2 Å². The fourth-order valence-corrected chi connectivity index (χ4v) is 3.57. The molecule has 2 aromatic rings. The molecule has 106 valence electrons. The summed E-state index contributed by atoms with van der Waals surface area (Å²) >= 11 is 5.16. The number of likely N-dealkylation sites (N-methyl/N-ethyl adjacent to an activating group) is 1. The van der Waals surface area contributed by atoms with Crippen molar-refractivity contribution in [3.8, 4) is 0 Å². The monoisotopic (exact) mass is 351 g/mol. The molecule has 0 spiro atoms. The molecule has 2 rings (SSSR count). The van der Waals surface area contributed by atoms with Crippen molar-refractivity contribution >= 4 is 33.6 Å². The van der Waals surface area contributed by atoms with Crippen molar-refractivity contribution in [2.45, 2.75) is 18.9 Å². The Morgan fingerprint density at radius 1 is 1.35 bits per heavy atom. The molecule has 0 amide bonds. The van der Waals surface area contributed by atoms with Crippen LogP contribution in [0.15, 0.2) is 45.6 Å². The van der Waals surface area contributed by atoms with Gasteiger partial charge < -0.3 is 9.69 Å². The van der Waals surface area contributed by atoms with Gasteiger partial charge in [-0.15, -0.1) is 11.3 Å². The van der Waals surface area contributed by atoms with Crippen molar-refractivity contribution < 1.29 is 4.79 Å². The van der Waals surface area contributed by atoms with Crippen LogP contribution in [0, 0.1) is 0 Å². The van der Waals surface area contributed by atoms with Gasteiger partial charge in [-0.1, -0.05) is 30.3 Å². The lowest BCUT2D eigenvalue weighted by Gasteiger charge is -2.29. The molecule has 0 saturated carbocycles. The van der Waals surface area contributed by atoms with Gasteiger partial charge in [-0.2, -0.15) is 0 Å².